The zero-order valence-corrected chi connectivity index (χ0v) is 31.3. The van der Waals surface area contributed by atoms with Crippen LogP contribution in [0.3, 0.4) is 0 Å². The molecule has 4 heteroatoms. The Balaban J connectivity index is 1.98. The number of phenolic OH excluding ortho intramolecular Hbond substituents is 4. The summed E-state index contributed by atoms with van der Waals surface area (Å²) in [6.45, 7) is 25.1. The first-order valence-corrected chi connectivity index (χ1v) is 17.3. The second-order valence-electron chi connectivity index (χ2n) is 17.7. The molecule has 4 aromatic rings. The fraction of sp³-hybridized carbons (Fsp3) is 0.455. The van der Waals surface area contributed by atoms with Gasteiger partial charge in [0.05, 0.1) is 0 Å². The first-order chi connectivity index (χ1) is 22.0. The number of hydrogen-bond acceptors (Lipinski definition) is 4. The summed E-state index contributed by atoms with van der Waals surface area (Å²) in [6.07, 6.45) is 1.07. The molecule has 0 spiro atoms. The van der Waals surface area contributed by atoms with Gasteiger partial charge in [-0.25, -0.2) is 0 Å². The van der Waals surface area contributed by atoms with E-state index in [0.29, 0.717) is 12.8 Å². The van der Waals surface area contributed by atoms with Gasteiger partial charge in [-0.05, 0) is 56.8 Å². The molecule has 0 saturated heterocycles. The molecule has 4 N–H and O–H groups in total. The van der Waals surface area contributed by atoms with Gasteiger partial charge in [0.2, 0.25) is 0 Å². The molecule has 4 nitrogen and oxygen atoms in total. The van der Waals surface area contributed by atoms with E-state index < -0.39 is 0 Å². The second kappa shape index (κ2) is 13.2. The first-order valence-electron chi connectivity index (χ1n) is 17.3. The number of para-hydroxylation sites is 4. The average Bonchev–Trinajstić information content (AvgIpc) is 2.95. The summed E-state index contributed by atoms with van der Waals surface area (Å²) in [7, 11) is 0. The minimum absolute atomic E-state index is 0.238. The van der Waals surface area contributed by atoms with Crippen molar-refractivity contribution in [1.29, 1.82) is 0 Å². The van der Waals surface area contributed by atoms with Crippen LogP contribution in [-0.2, 0) is 21.7 Å². The lowest BCUT2D eigenvalue weighted by Crippen LogP contribution is -2.16. The lowest BCUT2D eigenvalue weighted by molar-refractivity contribution is 0.414. The fourth-order valence-electron chi connectivity index (χ4n) is 7.08. The number of hydrogen-bond donors (Lipinski definition) is 4. The van der Waals surface area contributed by atoms with E-state index >= 15 is 0 Å². The van der Waals surface area contributed by atoms with Gasteiger partial charge in [-0.1, -0.05) is 156 Å². The van der Waals surface area contributed by atoms with Crippen LogP contribution in [0.5, 0.6) is 23.0 Å². The predicted octanol–water partition coefficient (Wildman–Crippen LogP) is 11.4. The zero-order chi connectivity index (χ0) is 36.0. The molecule has 0 saturated carbocycles. The van der Waals surface area contributed by atoms with Crippen LogP contribution in [0.1, 0.15) is 152 Å². The van der Waals surface area contributed by atoms with Crippen molar-refractivity contribution >= 4 is 0 Å². The van der Waals surface area contributed by atoms with Crippen molar-refractivity contribution in [2.24, 2.45) is 0 Å². The van der Waals surface area contributed by atoms with Crippen LogP contribution in [0.15, 0.2) is 72.8 Å². The normalized spacial score (nSPS) is 13.0. The lowest BCUT2D eigenvalue weighted by atomic mass is 9.75. The number of aromatic hydroxyl groups is 4. The summed E-state index contributed by atoms with van der Waals surface area (Å²) < 4.78 is 0. The highest BCUT2D eigenvalue weighted by Crippen LogP contribution is 2.49. The third kappa shape index (κ3) is 7.53. The molecule has 0 bridgehead atoms. The summed E-state index contributed by atoms with van der Waals surface area (Å²) in [5.41, 5.74) is 5.23. The lowest BCUT2D eigenvalue weighted by Gasteiger charge is -2.30. The zero-order valence-electron chi connectivity index (χ0n) is 31.3. The highest BCUT2D eigenvalue weighted by atomic mass is 16.3. The van der Waals surface area contributed by atoms with Crippen molar-refractivity contribution in [3.63, 3.8) is 0 Å². The maximum absolute atomic E-state index is 11.9. The molecule has 258 valence electrons. The molecule has 0 aliphatic heterocycles. The smallest absolute Gasteiger partial charge is 0.123 e. The molecule has 0 atom stereocenters. The monoisotopic (exact) mass is 650 g/mol. The van der Waals surface area contributed by atoms with Gasteiger partial charge in [0.25, 0.3) is 0 Å². The van der Waals surface area contributed by atoms with E-state index in [4.69, 9.17) is 0 Å². The standard InChI is InChI=1S/C44H58O4/c1-41(2,3)33-21-13-17-29(37(33)45)27(30-18-14-22-34(38(30)46)42(4,5)6)25-26-28(31-19-15-23-35(39(31)47)43(7,8)9)32-20-16-24-36(40(32)48)44(10,11)12/h13-24,27-28,45-48H,25-26H2,1-12H3. The van der Waals surface area contributed by atoms with Gasteiger partial charge in [-0.15, -0.1) is 0 Å². The molecule has 0 heterocycles. The topological polar surface area (TPSA) is 80.9 Å². The average molecular weight is 651 g/mol. The molecule has 48 heavy (non-hydrogen) atoms. The second-order valence-corrected chi connectivity index (χ2v) is 17.7. The van der Waals surface area contributed by atoms with Crippen LogP contribution in [0.2, 0.25) is 0 Å². The van der Waals surface area contributed by atoms with Gasteiger partial charge in [0.1, 0.15) is 23.0 Å². The molecule has 4 rings (SSSR count). The van der Waals surface area contributed by atoms with E-state index in [-0.39, 0.29) is 56.5 Å². The molecule has 0 radical (unpaired) electrons. The van der Waals surface area contributed by atoms with E-state index in [1.807, 2.05) is 72.8 Å². The molecule has 0 fully saturated rings. The van der Waals surface area contributed by atoms with E-state index in [1.165, 1.54) is 0 Å². The van der Waals surface area contributed by atoms with E-state index in [9.17, 15) is 20.4 Å². The van der Waals surface area contributed by atoms with Crippen LogP contribution in [0.4, 0.5) is 0 Å². The summed E-state index contributed by atoms with van der Waals surface area (Å²) >= 11 is 0. The van der Waals surface area contributed by atoms with E-state index in [2.05, 4.69) is 83.1 Å². The van der Waals surface area contributed by atoms with Crippen molar-refractivity contribution in [2.45, 2.75) is 129 Å². The van der Waals surface area contributed by atoms with Crippen molar-refractivity contribution in [1.82, 2.24) is 0 Å². The van der Waals surface area contributed by atoms with Gasteiger partial charge >= 0.3 is 0 Å². The fourth-order valence-corrected chi connectivity index (χ4v) is 7.08. The Bertz CT molecular complexity index is 1500. The van der Waals surface area contributed by atoms with Crippen LogP contribution in [0.25, 0.3) is 0 Å². The molecule has 0 amide bonds. The first kappa shape index (κ1) is 36.9. The van der Waals surface area contributed by atoms with Crippen LogP contribution < -0.4 is 0 Å². The van der Waals surface area contributed by atoms with Crippen molar-refractivity contribution in [3.05, 3.63) is 117 Å². The van der Waals surface area contributed by atoms with Crippen molar-refractivity contribution < 1.29 is 20.4 Å². The molecule has 0 aromatic heterocycles. The van der Waals surface area contributed by atoms with Gasteiger partial charge in [0.15, 0.2) is 0 Å². The minimum atomic E-state index is -0.363. The van der Waals surface area contributed by atoms with Crippen LogP contribution in [0, 0.1) is 0 Å². The van der Waals surface area contributed by atoms with Crippen LogP contribution in [-0.4, -0.2) is 20.4 Å². The van der Waals surface area contributed by atoms with Gasteiger partial charge in [0, 0.05) is 34.1 Å². The van der Waals surface area contributed by atoms with Gasteiger partial charge in [-0.3, -0.25) is 0 Å². The Morgan fingerprint density at radius 1 is 0.354 bits per heavy atom. The largest absolute Gasteiger partial charge is 0.507 e. The SMILES string of the molecule is CC(C)(C)c1cccc(C(CCC(c2cccc(C(C)(C)C)c2O)c2cccc(C(C)(C)C)c2O)c2cccc(C(C)(C)C)c2O)c1O. The van der Waals surface area contributed by atoms with E-state index in [0.717, 1.165) is 44.5 Å². The third-order valence-corrected chi connectivity index (χ3v) is 9.75. The van der Waals surface area contributed by atoms with Crippen molar-refractivity contribution in [3.8, 4) is 23.0 Å². The van der Waals surface area contributed by atoms with Crippen LogP contribution >= 0.6 is 0 Å². The molecular weight excluding hydrogens is 592 g/mol. The Kier molecular flexibility index (Phi) is 10.1. The Labute approximate surface area is 289 Å². The molecular formula is C44H58O4. The van der Waals surface area contributed by atoms with Crippen molar-refractivity contribution in [2.75, 3.05) is 0 Å². The summed E-state index contributed by atoms with van der Waals surface area (Å²) in [5.74, 6) is 0.227. The minimum Gasteiger partial charge on any atom is -0.507 e. The number of phenols is 4. The number of rotatable bonds is 7. The van der Waals surface area contributed by atoms with Gasteiger partial charge < -0.3 is 20.4 Å². The molecule has 4 aromatic carbocycles. The highest BCUT2D eigenvalue weighted by Gasteiger charge is 2.32. The summed E-state index contributed by atoms with van der Waals surface area (Å²) in [5, 5.41) is 47.4. The summed E-state index contributed by atoms with van der Waals surface area (Å²) in [4.78, 5) is 0. The third-order valence-electron chi connectivity index (χ3n) is 9.75. The Morgan fingerprint density at radius 2 is 0.542 bits per heavy atom. The highest BCUT2D eigenvalue weighted by molar-refractivity contribution is 5.56. The molecule has 0 unspecified atom stereocenters. The number of benzene rings is 4. The maximum Gasteiger partial charge on any atom is 0.123 e. The maximum atomic E-state index is 11.9. The van der Waals surface area contributed by atoms with Gasteiger partial charge in [-0.2, -0.15) is 0 Å². The quantitative estimate of drug-likeness (QED) is 0.160. The Hall–Kier alpha value is -3.92. The summed E-state index contributed by atoms with van der Waals surface area (Å²) in [6, 6.07) is 23.7. The molecule has 0 aliphatic carbocycles. The van der Waals surface area contributed by atoms with E-state index in [1.54, 1.807) is 0 Å². The Morgan fingerprint density at radius 3 is 0.708 bits per heavy atom. The molecule has 0 aliphatic rings. The predicted molar refractivity (Wildman–Crippen MR) is 200 cm³/mol.